The lowest BCUT2D eigenvalue weighted by molar-refractivity contribution is 0.133. The number of carbonyl (C=O) groups excluding carboxylic acids is 1. The molecule has 132 valence electrons. The van der Waals surface area contributed by atoms with E-state index in [9.17, 15) is 4.79 Å². The summed E-state index contributed by atoms with van der Waals surface area (Å²) in [7, 11) is 0. The van der Waals surface area contributed by atoms with Crippen molar-refractivity contribution < 1.29 is 9.53 Å². The molecule has 1 aliphatic carbocycles. The first kappa shape index (κ1) is 17.5. The van der Waals surface area contributed by atoms with Gasteiger partial charge in [0.15, 0.2) is 0 Å². The lowest BCUT2D eigenvalue weighted by atomic mass is 10.0. The molecule has 0 aromatic heterocycles. The van der Waals surface area contributed by atoms with Gasteiger partial charge in [-0.15, -0.1) is 0 Å². The van der Waals surface area contributed by atoms with Gasteiger partial charge in [0.1, 0.15) is 0 Å². The zero-order valence-electron chi connectivity index (χ0n) is 14.7. The average Bonchev–Trinajstić information content (AvgIpc) is 3.49. The summed E-state index contributed by atoms with van der Waals surface area (Å²) >= 11 is 0. The van der Waals surface area contributed by atoms with Crippen LogP contribution in [0.15, 0.2) is 54.6 Å². The molecule has 1 aliphatic rings. The summed E-state index contributed by atoms with van der Waals surface area (Å²) in [4.78, 5) is 12.4. The van der Waals surface area contributed by atoms with Crippen LogP contribution in [0.1, 0.15) is 42.5 Å². The number of hydrogen-bond acceptors (Lipinski definition) is 2. The highest BCUT2D eigenvalue weighted by Gasteiger charge is 2.33. The average molecular weight is 338 g/mol. The predicted molar refractivity (Wildman–Crippen MR) is 99.1 cm³/mol. The maximum absolute atomic E-state index is 12.4. The molecule has 2 aromatic rings. The minimum atomic E-state index is -0.119. The van der Waals surface area contributed by atoms with E-state index >= 15 is 0 Å². The first-order chi connectivity index (χ1) is 12.3. The first-order valence-corrected chi connectivity index (χ1v) is 9.01. The summed E-state index contributed by atoms with van der Waals surface area (Å²) in [5.41, 5.74) is 3.39. The Morgan fingerprint density at radius 1 is 1.08 bits per heavy atom. The van der Waals surface area contributed by atoms with Crippen molar-refractivity contribution in [1.82, 2.24) is 10.6 Å². The van der Waals surface area contributed by atoms with Crippen molar-refractivity contribution in [2.75, 3.05) is 6.61 Å². The van der Waals surface area contributed by atoms with E-state index in [0.717, 1.165) is 11.1 Å². The Kier molecular flexibility index (Phi) is 6.07. The largest absolute Gasteiger partial charge is 0.377 e. The SMILES string of the molecule is CCOCc1ccccc1CNC(=O)NC(c1ccccc1)C1CC1. The van der Waals surface area contributed by atoms with Gasteiger partial charge in [-0.1, -0.05) is 54.6 Å². The van der Waals surface area contributed by atoms with Gasteiger partial charge in [0, 0.05) is 13.2 Å². The summed E-state index contributed by atoms with van der Waals surface area (Å²) in [6.45, 7) is 3.74. The van der Waals surface area contributed by atoms with Crippen LogP contribution in [-0.4, -0.2) is 12.6 Å². The molecule has 2 amide bonds. The number of urea groups is 1. The van der Waals surface area contributed by atoms with Gasteiger partial charge in [-0.05, 0) is 42.4 Å². The topological polar surface area (TPSA) is 50.4 Å². The van der Waals surface area contributed by atoms with Crippen LogP contribution in [0.3, 0.4) is 0 Å². The highest BCUT2D eigenvalue weighted by Crippen LogP contribution is 2.40. The van der Waals surface area contributed by atoms with Crippen molar-refractivity contribution in [3.05, 3.63) is 71.3 Å². The smallest absolute Gasteiger partial charge is 0.315 e. The van der Waals surface area contributed by atoms with Crippen LogP contribution >= 0.6 is 0 Å². The van der Waals surface area contributed by atoms with Gasteiger partial charge >= 0.3 is 6.03 Å². The molecule has 1 fully saturated rings. The molecule has 1 atom stereocenters. The van der Waals surface area contributed by atoms with Crippen LogP contribution in [0.5, 0.6) is 0 Å². The second kappa shape index (κ2) is 8.67. The van der Waals surface area contributed by atoms with Gasteiger partial charge < -0.3 is 15.4 Å². The van der Waals surface area contributed by atoms with E-state index < -0.39 is 0 Å². The number of amides is 2. The zero-order valence-corrected chi connectivity index (χ0v) is 14.7. The predicted octanol–water partition coefficient (Wildman–Crippen LogP) is 4.17. The Hall–Kier alpha value is -2.33. The van der Waals surface area contributed by atoms with E-state index in [2.05, 4.69) is 22.8 Å². The van der Waals surface area contributed by atoms with Gasteiger partial charge in [0.05, 0.1) is 12.6 Å². The summed E-state index contributed by atoms with van der Waals surface area (Å²) in [6, 6.07) is 18.3. The number of benzene rings is 2. The Morgan fingerprint density at radius 3 is 2.44 bits per heavy atom. The Morgan fingerprint density at radius 2 is 1.76 bits per heavy atom. The fourth-order valence-corrected chi connectivity index (χ4v) is 3.01. The first-order valence-electron chi connectivity index (χ1n) is 9.01. The van der Waals surface area contributed by atoms with E-state index in [1.165, 1.54) is 18.4 Å². The van der Waals surface area contributed by atoms with Crippen molar-refractivity contribution >= 4 is 6.03 Å². The third-order valence-electron chi connectivity index (χ3n) is 4.56. The molecule has 1 saturated carbocycles. The van der Waals surface area contributed by atoms with Gasteiger partial charge in [-0.2, -0.15) is 0 Å². The quantitative estimate of drug-likeness (QED) is 0.759. The molecule has 0 aliphatic heterocycles. The fraction of sp³-hybridized carbons (Fsp3) is 0.381. The van der Waals surface area contributed by atoms with Crippen molar-refractivity contribution in [1.29, 1.82) is 0 Å². The van der Waals surface area contributed by atoms with Gasteiger partial charge in [-0.3, -0.25) is 0 Å². The summed E-state index contributed by atoms with van der Waals surface area (Å²) in [5.74, 6) is 0.554. The van der Waals surface area contributed by atoms with E-state index in [1.54, 1.807) is 0 Å². The molecular weight excluding hydrogens is 312 g/mol. The molecule has 25 heavy (non-hydrogen) atoms. The highest BCUT2D eigenvalue weighted by molar-refractivity contribution is 5.74. The molecule has 0 radical (unpaired) electrons. The molecule has 2 N–H and O–H groups in total. The summed E-state index contributed by atoms with van der Waals surface area (Å²) in [5, 5.41) is 6.14. The normalized spacial score (nSPS) is 14.8. The van der Waals surface area contributed by atoms with E-state index in [4.69, 9.17) is 4.74 Å². The lowest BCUT2D eigenvalue weighted by Crippen LogP contribution is -2.38. The second-order valence-corrected chi connectivity index (χ2v) is 6.46. The second-order valence-electron chi connectivity index (χ2n) is 6.46. The summed E-state index contributed by atoms with van der Waals surface area (Å²) in [6.07, 6.45) is 2.36. The standard InChI is InChI=1S/C21H26N2O2/c1-2-25-15-19-11-7-6-10-18(19)14-22-21(24)23-20(17-12-13-17)16-8-4-3-5-9-16/h3-11,17,20H,2,12-15H2,1H3,(H2,22,23,24). The van der Waals surface area contributed by atoms with Gasteiger partial charge in [0.2, 0.25) is 0 Å². The monoisotopic (exact) mass is 338 g/mol. The molecule has 4 nitrogen and oxygen atoms in total. The van der Waals surface area contributed by atoms with Crippen LogP contribution in [0.4, 0.5) is 4.79 Å². The van der Waals surface area contributed by atoms with Gasteiger partial charge in [0.25, 0.3) is 0 Å². The molecule has 0 heterocycles. The minimum absolute atomic E-state index is 0.0971. The number of carbonyl (C=O) groups is 1. The summed E-state index contributed by atoms with van der Waals surface area (Å²) < 4.78 is 5.50. The van der Waals surface area contributed by atoms with Crippen LogP contribution in [0.2, 0.25) is 0 Å². The van der Waals surface area contributed by atoms with Gasteiger partial charge in [-0.25, -0.2) is 4.79 Å². The Labute approximate surface area is 149 Å². The van der Waals surface area contributed by atoms with E-state index in [1.807, 2.05) is 49.4 Å². The van der Waals surface area contributed by atoms with Crippen molar-refractivity contribution in [2.24, 2.45) is 5.92 Å². The van der Waals surface area contributed by atoms with Crippen LogP contribution in [0, 0.1) is 5.92 Å². The molecular formula is C21H26N2O2. The molecule has 3 rings (SSSR count). The maximum atomic E-state index is 12.4. The number of hydrogen-bond donors (Lipinski definition) is 2. The number of rotatable bonds is 8. The third kappa shape index (κ3) is 5.07. The number of ether oxygens (including phenoxy) is 1. The Bertz CT molecular complexity index is 683. The molecule has 2 aromatic carbocycles. The van der Waals surface area contributed by atoms with Crippen molar-refractivity contribution in [3.8, 4) is 0 Å². The van der Waals surface area contributed by atoms with Crippen LogP contribution in [-0.2, 0) is 17.9 Å². The zero-order chi connectivity index (χ0) is 17.5. The van der Waals surface area contributed by atoms with Crippen molar-refractivity contribution in [2.45, 2.75) is 39.0 Å². The molecule has 1 unspecified atom stereocenters. The molecule has 4 heteroatoms. The lowest BCUT2D eigenvalue weighted by Gasteiger charge is -2.19. The fourth-order valence-electron chi connectivity index (χ4n) is 3.01. The Balaban J connectivity index is 1.57. The third-order valence-corrected chi connectivity index (χ3v) is 4.56. The van der Waals surface area contributed by atoms with Crippen molar-refractivity contribution in [3.63, 3.8) is 0 Å². The number of nitrogens with one attached hydrogen (secondary N) is 2. The maximum Gasteiger partial charge on any atom is 0.315 e. The van der Waals surface area contributed by atoms with Crippen LogP contribution in [0.25, 0.3) is 0 Å². The minimum Gasteiger partial charge on any atom is -0.377 e. The highest BCUT2D eigenvalue weighted by atomic mass is 16.5. The molecule has 0 bridgehead atoms. The molecule has 0 saturated heterocycles. The molecule has 0 spiro atoms. The van der Waals surface area contributed by atoms with E-state index in [-0.39, 0.29) is 12.1 Å². The van der Waals surface area contributed by atoms with E-state index in [0.29, 0.717) is 25.7 Å². The van der Waals surface area contributed by atoms with Crippen LogP contribution < -0.4 is 10.6 Å².